The molecule has 1 aliphatic rings. The first kappa shape index (κ1) is 22.0. The van der Waals surface area contributed by atoms with Crippen LogP contribution in [0.3, 0.4) is 0 Å². The van der Waals surface area contributed by atoms with Gasteiger partial charge in [-0.05, 0) is 66.7 Å². The largest absolute Gasteiger partial charge is 0.416 e. The third-order valence-electron chi connectivity index (χ3n) is 6.18. The summed E-state index contributed by atoms with van der Waals surface area (Å²) < 4.78 is 56.3. The van der Waals surface area contributed by atoms with Gasteiger partial charge >= 0.3 is 6.18 Å². The van der Waals surface area contributed by atoms with Crippen LogP contribution < -0.4 is 4.90 Å². The van der Waals surface area contributed by atoms with Crippen molar-refractivity contribution in [2.45, 2.75) is 12.6 Å². The van der Waals surface area contributed by atoms with Gasteiger partial charge in [0, 0.05) is 60.8 Å². The molecule has 0 bridgehead atoms. The minimum atomic E-state index is -4.41. The van der Waals surface area contributed by atoms with E-state index in [4.69, 9.17) is 0 Å². The Morgan fingerprint density at radius 2 is 1.71 bits per heavy atom. The first-order valence-corrected chi connectivity index (χ1v) is 10.8. The highest BCUT2D eigenvalue weighted by atomic mass is 19.4. The van der Waals surface area contributed by atoms with Crippen LogP contribution in [0.2, 0.25) is 0 Å². The van der Waals surface area contributed by atoms with Crippen molar-refractivity contribution in [1.29, 1.82) is 0 Å². The van der Waals surface area contributed by atoms with E-state index < -0.39 is 11.7 Å². The number of nitrogens with zero attached hydrogens (tertiary/aromatic N) is 3. The Labute approximate surface area is 193 Å². The summed E-state index contributed by atoms with van der Waals surface area (Å²) in [6.45, 7) is 1.03. The van der Waals surface area contributed by atoms with Gasteiger partial charge in [0.05, 0.1) is 11.1 Å². The molecule has 4 aromatic rings. The van der Waals surface area contributed by atoms with Gasteiger partial charge < -0.3 is 9.47 Å². The molecule has 0 fully saturated rings. The van der Waals surface area contributed by atoms with E-state index in [2.05, 4.69) is 4.90 Å². The maximum absolute atomic E-state index is 13.4. The summed E-state index contributed by atoms with van der Waals surface area (Å²) in [5, 5.41) is 0.479. The highest BCUT2D eigenvalue weighted by Crippen LogP contribution is 2.35. The molecule has 2 aromatic carbocycles. The molecule has 0 N–H and O–H groups in total. The lowest BCUT2D eigenvalue weighted by Gasteiger charge is -2.35. The molecule has 8 heteroatoms. The Balaban J connectivity index is 1.51. The third-order valence-corrected chi connectivity index (χ3v) is 6.18. The molecular formula is C26H21F4N3O. The smallest absolute Gasteiger partial charge is 0.367 e. The number of rotatable bonds is 4. The van der Waals surface area contributed by atoms with Crippen LogP contribution in [0.4, 0.5) is 23.2 Å². The molecule has 0 spiro atoms. The maximum atomic E-state index is 13.4. The van der Waals surface area contributed by atoms with Gasteiger partial charge in [-0.3, -0.25) is 9.36 Å². The summed E-state index contributed by atoms with van der Waals surface area (Å²) in [5.74, 6) is -0.641. The van der Waals surface area contributed by atoms with E-state index in [1.807, 2.05) is 10.6 Å². The molecule has 5 rings (SSSR count). The Morgan fingerprint density at radius 1 is 0.971 bits per heavy atom. The zero-order valence-electron chi connectivity index (χ0n) is 18.0. The zero-order valence-corrected chi connectivity index (χ0v) is 18.0. The van der Waals surface area contributed by atoms with E-state index in [9.17, 15) is 22.4 Å². The van der Waals surface area contributed by atoms with Gasteiger partial charge in [0.25, 0.3) is 0 Å². The molecule has 0 radical (unpaired) electrons. The number of hydrogen-bond acceptors (Lipinski definition) is 2. The molecule has 0 saturated carbocycles. The molecule has 1 atom stereocenters. The van der Waals surface area contributed by atoms with Crippen LogP contribution in [-0.2, 0) is 6.18 Å². The lowest BCUT2D eigenvalue weighted by atomic mass is 9.95. The SMILES string of the molecule is O=C(CC1CN(c2ccc(F)cc2)CC=C1n1ccc2cc(C(F)(F)F)ccc21)n1cccc1. The molecule has 174 valence electrons. The lowest BCUT2D eigenvalue weighted by Crippen LogP contribution is -2.37. The molecule has 2 aromatic heterocycles. The van der Waals surface area contributed by atoms with E-state index in [1.165, 1.54) is 22.8 Å². The Hall–Kier alpha value is -3.81. The van der Waals surface area contributed by atoms with Crippen LogP contribution in [0.5, 0.6) is 0 Å². The summed E-state index contributed by atoms with van der Waals surface area (Å²) in [5.41, 5.74) is 1.64. The number of benzene rings is 2. The number of fused-ring (bicyclic) bond motifs is 1. The van der Waals surface area contributed by atoms with Crippen molar-refractivity contribution in [2.24, 2.45) is 5.92 Å². The second-order valence-electron chi connectivity index (χ2n) is 8.35. The number of anilines is 1. The number of aromatic nitrogens is 2. The van der Waals surface area contributed by atoms with Crippen LogP contribution in [-0.4, -0.2) is 28.1 Å². The Bertz CT molecular complexity index is 1350. The number of alkyl halides is 3. The van der Waals surface area contributed by atoms with E-state index >= 15 is 0 Å². The van der Waals surface area contributed by atoms with E-state index in [-0.39, 0.29) is 24.1 Å². The first-order valence-electron chi connectivity index (χ1n) is 10.8. The van der Waals surface area contributed by atoms with Crippen molar-refractivity contribution in [2.75, 3.05) is 18.0 Å². The van der Waals surface area contributed by atoms with Crippen molar-refractivity contribution in [3.05, 3.63) is 96.7 Å². The maximum Gasteiger partial charge on any atom is 0.416 e. The lowest BCUT2D eigenvalue weighted by molar-refractivity contribution is -0.137. The van der Waals surface area contributed by atoms with Gasteiger partial charge in [0.15, 0.2) is 0 Å². The highest BCUT2D eigenvalue weighted by molar-refractivity contribution is 5.86. The molecular weight excluding hydrogens is 446 g/mol. The number of carbonyl (C=O) groups is 1. The van der Waals surface area contributed by atoms with Crippen LogP contribution >= 0.6 is 0 Å². The monoisotopic (exact) mass is 467 g/mol. The molecule has 4 nitrogen and oxygen atoms in total. The fourth-order valence-corrected chi connectivity index (χ4v) is 4.49. The van der Waals surface area contributed by atoms with Gasteiger partial charge in [-0.2, -0.15) is 13.2 Å². The second-order valence-corrected chi connectivity index (χ2v) is 8.35. The summed E-state index contributed by atoms with van der Waals surface area (Å²) >= 11 is 0. The summed E-state index contributed by atoms with van der Waals surface area (Å²) in [7, 11) is 0. The summed E-state index contributed by atoms with van der Waals surface area (Å²) in [6.07, 6.45) is 2.90. The molecule has 1 aliphatic heterocycles. The number of halogens is 4. The van der Waals surface area contributed by atoms with Gasteiger partial charge in [0.2, 0.25) is 5.91 Å². The van der Waals surface area contributed by atoms with Crippen molar-refractivity contribution in [3.63, 3.8) is 0 Å². The highest BCUT2D eigenvalue weighted by Gasteiger charge is 2.31. The molecule has 0 amide bonds. The van der Waals surface area contributed by atoms with Gasteiger partial charge in [-0.1, -0.05) is 0 Å². The van der Waals surface area contributed by atoms with Gasteiger partial charge in [-0.25, -0.2) is 4.39 Å². The van der Waals surface area contributed by atoms with Crippen LogP contribution in [0.1, 0.15) is 16.8 Å². The average Bonchev–Trinajstić information content (AvgIpc) is 3.49. The summed E-state index contributed by atoms with van der Waals surface area (Å²) in [6, 6.07) is 15.1. The Kier molecular flexibility index (Phi) is 5.51. The van der Waals surface area contributed by atoms with Crippen LogP contribution in [0.25, 0.3) is 16.6 Å². The van der Waals surface area contributed by atoms with Crippen molar-refractivity contribution >= 4 is 28.2 Å². The Morgan fingerprint density at radius 3 is 2.41 bits per heavy atom. The van der Waals surface area contributed by atoms with Crippen molar-refractivity contribution < 1.29 is 22.4 Å². The topological polar surface area (TPSA) is 30.2 Å². The van der Waals surface area contributed by atoms with Crippen LogP contribution in [0.15, 0.2) is 85.3 Å². The second kappa shape index (κ2) is 8.52. The third kappa shape index (κ3) is 4.23. The molecule has 0 aliphatic carbocycles. The predicted octanol–water partition coefficient (Wildman–Crippen LogP) is 6.31. The zero-order chi connectivity index (χ0) is 23.9. The summed E-state index contributed by atoms with van der Waals surface area (Å²) in [4.78, 5) is 15.0. The van der Waals surface area contributed by atoms with Crippen LogP contribution in [0, 0.1) is 11.7 Å². The van der Waals surface area contributed by atoms with Gasteiger partial charge in [0.1, 0.15) is 5.82 Å². The minimum absolute atomic E-state index is 0.0855. The quantitative estimate of drug-likeness (QED) is 0.330. The first-order chi connectivity index (χ1) is 16.3. The van der Waals surface area contributed by atoms with E-state index in [1.54, 1.807) is 48.9 Å². The van der Waals surface area contributed by atoms with Crippen molar-refractivity contribution in [3.8, 4) is 0 Å². The normalized spacial score (nSPS) is 16.6. The van der Waals surface area contributed by atoms with E-state index in [0.717, 1.165) is 23.5 Å². The molecule has 34 heavy (non-hydrogen) atoms. The fourth-order valence-electron chi connectivity index (χ4n) is 4.49. The average molecular weight is 467 g/mol. The van der Waals surface area contributed by atoms with Crippen molar-refractivity contribution in [1.82, 2.24) is 9.13 Å². The standard InChI is InChI=1S/C26H21F4N3O/c27-21-4-6-22(7-5-21)32-13-10-24(19(17-32)16-25(34)31-11-1-2-12-31)33-14-9-18-15-20(26(28,29)30)3-8-23(18)33/h1-12,14-15,19H,13,16-17H2. The minimum Gasteiger partial charge on any atom is -0.367 e. The molecule has 1 unspecified atom stereocenters. The number of hydrogen-bond donors (Lipinski definition) is 0. The molecule has 3 heterocycles. The molecule has 0 saturated heterocycles. The number of carbonyl (C=O) groups excluding carboxylic acids is 1. The fraction of sp³-hybridized carbons (Fsp3) is 0.192. The predicted molar refractivity (Wildman–Crippen MR) is 123 cm³/mol. The van der Waals surface area contributed by atoms with Gasteiger partial charge in [-0.15, -0.1) is 0 Å². The van der Waals surface area contributed by atoms with E-state index in [0.29, 0.717) is 24.0 Å².